The SMILES string of the molecule is Cc1ccc(C(=O)NC(Cc2ccc(Br)cc2)C(=O)OC(C)C)cc1. The maximum absolute atomic E-state index is 12.5. The molecule has 1 unspecified atom stereocenters. The van der Waals surface area contributed by atoms with Gasteiger partial charge >= 0.3 is 5.97 Å². The molecule has 25 heavy (non-hydrogen) atoms. The molecule has 132 valence electrons. The topological polar surface area (TPSA) is 55.4 Å². The molecule has 1 N–H and O–H groups in total. The summed E-state index contributed by atoms with van der Waals surface area (Å²) in [5.41, 5.74) is 2.53. The van der Waals surface area contributed by atoms with Gasteiger partial charge in [0, 0.05) is 16.5 Å². The Labute approximate surface area is 156 Å². The van der Waals surface area contributed by atoms with Crippen LogP contribution >= 0.6 is 15.9 Å². The van der Waals surface area contributed by atoms with Crippen LogP contribution in [0.2, 0.25) is 0 Å². The lowest BCUT2D eigenvalue weighted by Gasteiger charge is -2.19. The molecule has 0 fully saturated rings. The van der Waals surface area contributed by atoms with Crippen LogP contribution in [0.25, 0.3) is 0 Å². The minimum Gasteiger partial charge on any atom is -0.461 e. The molecule has 1 atom stereocenters. The summed E-state index contributed by atoms with van der Waals surface area (Å²) >= 11 is 3.39. The number of hydrogen-bond donors (Lipinski definition) is 1. The van der Waals surface area contributed by atoms with Crippen molar-refractivity contribution in [3.63, 3.8) is 0 Å². The molecule has 2 aromatic carbocycles. The highest BCUT2D eigenvalue weighted by molar-refractivity contribution is 9.10. The van der Waals surface area contributed by atoms with E-state index < -0.39 is 12.0 Å². The van der Waals surface area contributed by atoms with Crippen LogP contribution in [0.1, 0.15) is 35.3 Å². The Morgan fingerprint density at radius 3 is 2.20 bits per heavy atom. The summed E-state index contributed by atoms with van der Waals surface area (Å²) in [6.45, 7) is 5.53. The van der Waals surface area contributed by atoms with Crippen molar-refractivity contribution in [3.05, 3.63) is 69.7 Å². The monoisotopic (exact) mass is 403 g/mol. The third kappa shape index (κ3) is 6.02. The second-order valence-electron chi connectivity index (χ2n) is 6.21. The van der Waals surface area contributed by atoms with E-state index in [1.54, 1.807) is 26.0 Å². The molecule has 0 spiro atoms. The molecule has 4 nitrogen and oxygen atoms in total. The number of rotatable bonds is 6. The van der Waals surface area contributed by atoms with Crippen molar-refractivity contribution < 1.29 is 14.3 Å². The molecule has 2 aromatic rings. The van der Waals surface area contributed by atoms with Crippen molar-refractivity contribution in [2.75, 3.05) is 0 Å². The second kappa shape index (κ2) is 8.81. The van der Waals surface area contributed by atoms with Crippen LogP contribution < -0.4 is 5.32 Å². The van der Waals surface area contributed by atoms with Gasteiger partial charge in [0.05, 0.1) is 6.10 Å². The Kier molecular flexibility index (Phi) is 6.76. The first-order valence-corrected chi connectivity index (χ1v) is 8.97. The predicted octanol–water partition coefficient (Wildman–Crippen LogP) is 4.05. The Morgan fingerprint density at radius 2 is 1.64 bits per heavy atom. The number of amides is 1. The number of benzene rings is 2. The first-order valence-electron chi connectivity index (χ1n) is 8.17. The van der Waals surface area contributed by atoms with Crippen molar-refractivity contribution in [2.45, 2.75) is 39.3 Å². The number of esters is 1. The van der Waals surface area contributed by atoms with E-state index in [0.717, 1.165) is 15.6 Å². The van der Waals surface area contributed by atoms with Crippen LogP contribution in [0.4, 0.5) is 0 Å². The minimum atomic E-state index is -0.739. The van der Waals surface area contributed by atoms with Gasteiger partial charge in [0.2, 0.25) is 0 Å². The van der Waals surface area contributed by atoms with Crippen molar-refractivity contribution >= 4 is 27.8 Å². The van der Waals surface area contributed by atoms with Gasteiger partial charge in [-0.1, -0.05) is 45.8 Å². The van der Waals surface area contributed by atoms with E-state index in [0.29, 0.717) is 12.0 Å². The lowest BCUT2D eigenvalue weighted by Crippen LogP contribution is -2.44. The van der Waals surface area contributed by atoms with E-state index in [4.69, 9.17) is 4.74 Å². The van der Waals surface area contributed by atoms with Crippen molar-refractivity contribution in [3.8, 4) is 0 Å². The fourth-order valence-electron chi connectivity index (χ4n) is 2.31. The fraction of sp³-hybridized carbons (Fsp3) is 0.300. The average Bonchev–Trinajstić information content (AvgIpc) is 2.56. The van der Waals surface area contributed by atoms with Gasteiger partial charge in [0.15, 0.2) is 0 Å². The molecule has 0 aromatic heterocycles. The molecule has 0 aliphatic carbocycles. The first kappa shape index (κ1) is 19.2. The summed E-state index contributed by atoms with van der Waals surface area (Å²) in [6, 6.07) is 14.1. The van der Waals surface area contributed by atoms with Crippen LogP contribution in [-0.4, -0.2) is 24.0 Å². The zero-order valence-electron chi connectivity index (χ0n) is 14.6. The highest BCUT2D eigenvalue weighted by Gasteiger charge is 2.24. The van der Waals surface area contributed by atoms with Crippen molar-refractivity contribution in [1.82, 2.24) is 5.32 Å². The van der Waals surface area contributed by atoms with E-state index in [-0.39, 0.29) is 12.0 Å². The molecule has 1 amide bonds. The number of ether oxygens (including phenoxy) is 1. The third-order valence-electron chi connectivity index (χ3n) is 3.61. The van der Waals surface area contributed by atoms with Crippen LogP contribution in [0, 0.1) is 6.92 Å². The van der Waals surface area contributed by atoms with E-state index >= 15 is 0 Å². The molecule has 0 aliphatic rings. The Balaban J connectivity index is 2.15. The number of carbonyl (C=O) groups is 2. The maximum Gasteiger partial charge on any atom is 0.329 e. The molecule has 5 heteroatoms. The molecule has 2 rings (SSSR count). The molecule has 0 bridgehead atoms. The number of hydrogen-bond acceptors (Lipinski definition) is 3. The van der Waals surface area contributed by atoms with Gasteiger partial charge < -0.3 is 10.1 Å². The summed E-state index contributed by atoms with van der Waals surface area (Å²) < 4.78 is 6.26. The van der Waals surface area contributed by atoms with Crippen LogP contribution in [0.5, 0.6) is 0 Å². The molecule has 0 aliphatic heterocycles. The zero-order chi connectivity index (χ0) is 18.4. The Morgan fingerprint density at radius 1 is 1.04 bits per heavy atom. The normalized spacial score (nSPS) is 11.9. The van der Waals surface area contributed by atoms with Gasteiger partial charge in [0.1, 0.15) is 6.04 Å². The van der Waals surface area contributed by atoms with E-state index in [2.05, 4.69) is 21.2 Å². The quantitative estimate of drug-likeness (QED) is 0.740. The second-order valence-corrected chi connectivity index (χ2v) is 7.12. The third-order valence-corrected chi connectivity index (χ3v) is 4.14. The molecule has 0 saturated carbocycles. The summed E-state index contributed by atoms with van der Waals surface area (Å²) in [6.07, 6.45) is 0.132. The Bertz CT molecular complexity index is 724. The van der Waals surface area contributed by atoms with Crippen LogP contribution in [-0.2, 0) is 16.0 Å². The minimum absolute atomic E-state index is 0.240. The summed E-state index contributed by atoms with van der Waals surface area (Å²) in [7, 11) is 0. The van der Waals surface area contributed by atoms with E-state index in [1.165, 1.54) is 0 Å². The highest BCUT2D eigenvalue weighted by Crippen LogP contribution is 2.13. The van der Waals surface area contributed by atoms with E-state index in [9.17, 15) is 9.59 Å². The largest absolute Gasteiger partial charge is 0.461 e. The molecule has 0 heterocycles. The van der Waals surface area contributed by atoms with Gasteiger partial charge in [-0.05, 0) is 50.6 Å². The predicted molar refractivity (Wildman–Crippen MR) is 102 cm³/mol. The number of carbonyl (C=O) groups excluding carboxylic acids is 2. The van der Waals surface area contributed by atoms with Crippen molar-refractivity contribution in [1.29, 1.82) is 0 Å². The van der Waals surface area contributed by atoms with E-state index in [1.807, 2.05) is 43.3 Å². The average molecular weight is 404 g/mol. The maximum atomic E-state index is 12.5. The van der Waals surface area contributed by atoms with Gasteiger partial charge in [0.25, 0.3) is 5.91 Å². The number of nitrogens with one attached hydrogen (secondary N) is 1. The summed E-state index contributed by atoms with van der Waals surface area (Å²) in [5.74, 6) is -0.721. The summed E-state index contributed by atoms with van der Waals surface area (Å²) in [5, 5.41) is 2.80. The van der Waals surface area contributed by atoms with Gasteiger partial charge in [-0.15, -0.1) is 0 Å². The number of halogens is 1. The van der Waals surface area contributed by atoms with Gasteiger partial charge in [-0.25, -0.2) is 4.79 Å². The number of aryl methyl sites for hydroxylation is 1. The van der Waals surface area contributed by atoms with Crippen LogP contribution in [0.15, 0.2) is 53.0 Å². The molecule has 0 radical (unpaired) electrons. The van der Waals surface area contributed by atoms with Gasteiger partial charge in [-0.2, -0.15) is 0 Å². The molecular formula is C20H22BrNO3. The highest BCUT2D eigenvalue weighted by atomic mass is 79.9. The molecular weight excluding hydrogens is 382 g/mol. The standard InChI is InChI=1S/C20H22BrNO3/c1-13(2)25-20(24)18(12-15-6-10-17(21)11-7-15)22-19(23)16-8-4-14(3)5-9-16/h4-11,13,18H,12H2,1-3H3,(H,22,23). The molecule has 0 saturated heterocycles. The summed E-state index contributed by atoms with van der Waals surface area (Å²) in [4.78, 5) is 24.9. The fourth-order valence-corrected chi connectivity index (χ4v) is 2.57. The zero-order valence-corrected chi connectivity index (χ0v) is 16.2. The van der Waals surface area contributed by atoms with Gasteiger partial charge in [-0.3, -0.25) is 4.79 Å². The lowest BCUT2D eigenvalue weighted by atomic mass is 10.0. The smallest absolute Gasteiger partial charge is 0.329 e. The Hall–Kier alpha value is -2.14. The first-order chi connectivity index (χ1) is 11.8. The lowest BCUT2D eigenvalue weighted by molar-refractivity contribution is -0.149. The van der Waals surface area contributed by atoms with Crippen LogP contribution in [0.3, 0.4) is 0 Å². The van der Waals surface area contributed by atoms with Crippen molar-refractivity contribution in [2.24, 2.45) is 0 Å².